The first-order valence-electron chi connectivity index (χ1n) is 9.21. The third-order valence-electron chi connectivity index (χ3n) is 4.61. The summed E-state index contributed by atoms with van der Waals surface area (Å²) in [4.78, 5) is 25.8. The van der Waals surface area contributed by atoms with Crippen LogP contribution in [0.4, 0.5) is 0 Å². The van der Waals surface area contributed by atoms with E-state index in [0.717, 1.165) is 41.0 Å². The Morgan fingerprint density at radius 2 is 1.96 bits per heavy atom. The number of fused-ring (bicyclic) bond motifs is 3. The van der Waals surface area contributed by atoms with Crippen molar-refractivity contribution in [1.29, 1.82) is 0 Å². The van der Waals surface area contributed by atoms with Crippen LogP contribution in [0.5, 0.6) is 5.75 Å². The Bertz CT molecular complexity index is 841. The van der Waals surface area contributed by atoms with Gasteiger partial charge in [0.25, 0.3) is 5.91 Å². The number of thiophene rings is 1. The second kappa shape index (κ2) is 8.57. The van der Waals surface area contributed by atoms with Crippen LogP contribution in [-0.2, 0) is 22.4 Å². The van der Waals surface area contributed by atoms with E-state index in [0.29, 0.717) is 17.3 Å². The van der Waals surface area contributed by atoms with E-state index in [9.17, 15) is 9.59 Å². The Balaban J connectivity index is 1.63. The number of rotatable bonds is 7. The van der Waals surface area contributed by atoms with Gasteiger partial charge in [-0.1, -0.05) is 13.8 Å². The van der Waals surface area contributed by atoms with Gasteiger partial charge in [-0.15, -0.1) is 11.3 Å². The summed E-state index contributed by atoms with van der Waals surface area (Å²) in [5.41, 5.74) is 3.53. The van der Waals surface area contributed by atoms with Crippen molar-refractivity contribution in [3.63, 3.8) is 0 Å². The monoisotopic (exact) mass is 387 g/mol. The van der Waals surface area contributed by atoms with E-state index in [1.54, 1.807) is 7.11 Å². The first-order chi connectivity index (χ1) is 13.0. The molecule has 1 heterocycles. The molecule has 1 aromatic heterocycles. The summed E-state index contributed by atoms with van der Waals surface area (Å²) in [6, 6.07) is 7.93. The van der Waals surface area contributed by atoms with Crippen LogP contribution < -0.4 is 10.1 Å². The van der Waals surface area contributed by atoms with Crippen molar-refractivity contribution in [2.45, 2.75) is 33.1 Å². The molecule has 1 N–H and O–H groups in total. The lowest BCUT2D eigenvalue weighted by atomic mass is 9.91. The molecule has 27 heavy (non-hydrogen) atoms. The second-order valence-corrected chi connectivity index (χ2v) is 8.15. The molecular weight excluding hydrogens is 362 g/mol. The largest absolute Gasteiger partial charge is 0.497 e. The molecule has 5 nitrogen and oxygen atoms in total. The zero-order valence-electron chi connectivity index (χ0n) is 16.0. The van der Waals surface area contributed by atoms with E-state index in [1.165, 1.54) is 16.9 Å². The molecule has 0 spiro atoms. The molecule has 0 fully saturated rings. The molecule has 1 amide bonds. The fraction of sp³-hybridized carbons (Fsp3) is 0.429. The third kappa shape index (κ3) is 4.69. The minimum absolute atomic E-state index is 0.243. The summed E-state index contributed by atoms with van der Waals surface area (Å²) in [5, 5.41) is 2.77. The fourth-order valence-corrected chi connectivity index (χ4v) is 4.26. The number of hydrogen-bond acceptors (Lipinski definition) is 5. The van der Waals surface area contributed by atoms with E-state index in [2.05, 4.69) is 25.2 Å². The van der Waals surface area contributed by atoms with Crippen LogP contribution in [0.3, 0.4) is 0 Å². The van der Waals surface area contributed by atoms with Crippen molar-refractivity contribution in [2.24, 2.45) is 5.92 Å². The van der Waals surface area contributed by atoms with Crippen molar-refractivity contribution < 1.29 is 19.1 Å². The Hall–Kier alpha value is -2.34. The molecular formula is C21H25NO4S. The van der Waals surface area contributed by atoms with Crippen LogP contribution in [0.2, 0.25) is 0 Å². The molecule has 0 saturated heterocycles. The maximum absolute atomic E-state index is 12.3. The van der Waals surface area contributed by atoms with Gasteiger partial charge in [0, 0.05) is 11.4 Å². The van der Waals surface area contributed by atoms with Gasteiger partial charge >= 0.3 is 5.97 Å². The predicted octanol–water partition coefficient (Wildman–Crippen LogP) is 3.84. The average molecular weight is 388 g/mol. The highest BCUT2D eigenvalue weighted by molar-refractivity contribution is 7.17. The molecule has 1 aromatic carbocycles. The first-order valence-corrected chi connectivity index (χ1v) is 10.0. The molecule has 6 heteroatoms. The molecule has 0 aliphatic heterocycles. The number of hydrogen-bond donors (Lipinski definition) is 1. The van der Waals surface area contributed by atoms with Gasteiger partial charge in [0.1, 0.15) is 10.6 Å². The lowest BCUT2D eigenvalue weighted by molar-refractivity contribution is -0.124. The molecule has 0 atom stereocenters. The number of esters is 1. The van der Waals surface area contributed by atoms with Crippen LogP contribution >= 0.6 is 11.3 Å². The summed E-state index contributed by atoms with van der Waals surface area (Å²) in [7, 11) is 1.66. The van der Waals surface area contributed by atoms with Crippen molar-refractivity contribution in [3.8, 4) is 16.2 Å². The molecule has 144 valence electrons. The van der Waals surface area contributed by atoms with Crippen molar-refractivity contribution in [1.82, 2.24) is 5.32 Å². The normalized spacial score (nSPS) is 12.3. The van der Waals surface area contributed by atoms with E-state index < -0.39 is 5.97 Å². The van der Waals surface area contributed by atoms with Crippen LogP contribution in [0, 0.1) is 5.92 Å². The van der Waals surface area contributed by atoms with Gasteiger partial charge in [0.05, 0.1) is 7.11 Å². The minimum atomic E-state index is -0.441. The zero-order chi connectivity index (χ0) is 19.4. The van der Waals surface area contributed by atoms with Crippen molar-refractivity contribution in [2.75, 3.05) is 20.3 Å². The quantitative estimate of drug-likeness (QED) is 0.733. The molecule has 1 aliphatic carbocycles. The summed E-state index contributed by atoms with van der Waals surface area (Å²) in [6.45, 7) is 4.55. The lowest BCUT2D eigenvalue weighted by Gasteiger charge is -2.16. The van der Waals surface area contributed by atoms with E-state index in [-0.39, 0.29) is 12.5 Å². The lowest BCUT2D eigenvalue weighted by Crippen LogP contribution is -2.30. The molecule has 0 bridgehead atoms. The van der Waals surface area contributed by atoms with Gasteiger partial charge in [-0.25, -0.2) is 4.79 Å². The number of ether oxygens (including phenoxy) is 2. The average Bonchev–Trinajstić information content (AvgIpc) is 3.10. The van der Waals surface area contributed by atoms with Crippen LogP contribution in [-0.4, -0.2) is 32.1 Å². The maximum atomic E-state index is 12.3. The Morgan fingerprint density at radius 3 is 2.70 bits per heavy atom. The van der Waals surface area contributed by atoms with Gasteiger partial charge < -0.3 is 14.8 Å². The Morgan fingerprint density at radius 1 is 1.19 bits per heavy atom. The van der Waals surface area contributed by atoms with Crippen LogP contribution in [0.15, 0.2) is 24.3 Å². The number of nitrogens with one attached hydrogen (secondary N) is 1. The van der Waals surface area contributed by atoms with Crippen LogP contribution in [0.25, 0.3) is 10.4 Å². The SMILES string of the molecule is COc1ccc2c(c1)CCc1cc(C(=O)OCC(=O)NCCC(C)C)sc1-2. The Kier molecular flexibility index (Phi) is 6.16. The first kappa shape index (κ1) is 19.4. The van der Waals surface area contributed by atoms with Gasteiger partial charge in [-0.2, -0.15) is 0 Å². The van der Waals surface area contributed by atoms with Gasteiger partial charge in [-0.05, 0) is 66.1 Å². The summed E-state index contributed by atoms with van der Waals surface area (Å²) >= 11 is 1.43. The molecule has 3 rings (SSSR count). The van der Waals surface area contributed by atoms with Crippen molar-refractivity contribution in [3.05, 3.63) is 40.3 Å². The molecule has 0 saturated carbocycles. The van der Waals surface area contributed by atoms with Gasteiger partial charge in [0.15, 0.2) is 6.61 Å². The number of aryl methyl sites for hydroxylation is 2. The zero-order valence-corrected chi connectivity index (χ0v) is 16.8. The number of carbonyl (C=O) groups is 2. The smallest absolute Gasteiger partial charge is 0.348 e. The highest BCUT2D eigenvalue weighted by Gasteiger charge is 2.23. The maximum Gasteiger partial charge on any atom is 0.348 e. The highest BCUT2D eigenvalue weighted by Crippen LogP contribution is 2.40. The predicted molar refractivity (Wildman–Crippen MR) is 106 cm³/mol. The number of carbonyl (C=O) groups excluding carboxylic acids is 2. The van der Waals surface area contributed by atoms with Gasteiger partial charge in [-0.3, -0.25) is 4.79 Å². The minimum Gasteiger partial charge on any atom is -0.497 e. The highest BCUT2D eigenvalue weighted by atomic mass is 32.1. The van der Waals surface area contributed by atoms with E-state index in [4.69, 9.17) is 9.47 Å². The summed E-state index contributed by atoms with van der Waals surface area (Å²) in [5.74, 6) is 0.663. The third-order valence-corrected chi connectivity index (χ3v) is 5.80. The van der Waals surface area contributed by atoms with E-state index >= 15 is 0 Å². The second-order valence-electron chi connectivity index (χ2n) is 7.10. The summed E-state index contributed by atoms with van der Waals surface area (Å²) in [6.07, 6.45) is 2.71. The number of benzene rings is 1. The van der Waals surface area contributed by atoms with Crippen LogP contribution in [0.1, 0.15) is 41.1 Å². The fourth-order valence-electron chi connectivity index (χ4n) is 3.09. The molecule has 0 radical (unpaired) electrons. The molecule has 0 unspecified atom stereocenters. The van der Waals surface area contributed by atoms with Gasteiger partial charge in [0.2, 0.25) is 0 Å². The topological polar surface area (TPSA) is 64.6 Å². The summed E-state index contributed by atoms with van der Waals surface area (Å²) < 4.78 is 10.5. The Labute approximate surface area is 163 Å². The molecule has 1 aliphatic rings. The standard InChI is InChI=1S/C21H25NO4S/c1-13(2)8-9-22-19(23)12-26-21(24)18-11-15-5-4-14-10-16(25-3)6-7-17(14)20(15)27-18/h6-7,10-11,13H,4-5,8-9,12H2,1-3H3,(H,22,23). The van der Waals surface area contributed by atoms with Crippen molar-refractivity contribution >= 4 is 23.2 Å². The number of methoxy groups -OCH3 is 1. The number of amides is 1. The molecule has 2 aromatic rings. The van der Waals surface area contributed by atoms with E-state index in [1.807, 2.05) is 18.2 Å².